The third kappa shape index (κ3) is 2.30. The Labute approximate surface area is 85.8 Å². The fourth-order valence-corrected chi connectivity index (χ4v) is 1.28. The van der Waals surface area contributed by atoms with E-state index >= 15 is 0 Å². The molecule has 1 aromatic carbocycles. The first-order chi connectivity index (χ1) is 7.11. The van der Waals surface area contributed by atoms with E-state index in [1.165, 1.54) is 25.3 Å². The Balaban J connectivity index is 3.28. The highest BCUT2D eigenvalue weighted by atomic mass is 19.3. The number of para-hydroxylation sites is 1. The molecule has 3 nitrogen and oxygen atoms in total. The van der Waals surface area contributed by atoms with Crippen molar-refractivity contribution in [3.63, 3.8) is 0 Å². The van der Waals surface area contributed by atoms with Crippen molar-refractivity contribution in [3.05, 3.63) is 29.3 Å². The Bertz CT molecular complexity index is 366. The first-order valence-corrected chi connectivity index (χ1v) is 4.30. The summed E-state index contributed by atoms with van der Waals surface area (Å²) in [4.78, 5) is 11.3. The number of nitrogens with two attached hydrogens (primary N) is 1. The van der Waals surface area contributed by atoms with Crippen LogP contribution in [0.2, 0.25) is 0 Å². The van der Waals surface area contributed by atoms with Crippen molar-refractivity contribution in [3.8, 4) is 5.75 Å². The zero-order valence-electron chi connectivity index (χ0n) is 8.17. The number of methoxy groups -OCH3 is 1. The van der Waals surface area contributed by atoms with Crippen LogP contribution >= 0.6 is 0 Å². The summed E-state index contributed by atoms with van der Waals surface area (Å²) in [7, 11) is 1.24. The highest BCUT2D eigenvalue weighted by molar-refractivity contribution is 6.00. The summed E-state index contributed by atoms with van der Waals surface area (Å²) in [6.45, 7) is -0.233. The van der Waals surface area contributed by atoms with Crippen LogP contribution < -0.4 is 10.5 Å². The summed E-state index contributed by atoms with van der Waals surface area (Å²) >= 11 is 0. The second-order valence-corrected chi connectivity index (χ2v) is 2.86. The van der Waals surface area contributed by atoms with E-state index in [-0.39, 0.29) is 23.4 Å². The highest BCUT2D eigenvalue weighted by Gasteiger charge is 2.19. The molecule has 15 heavy (non-hydrogen) atoms. The minimum atomic E-state index is -2.68. The molecular formula is C10H11F2NO2. The van der Waals surface area contributed by atoms with E-state index in [2.05, 4.69) is 0 Å². The fraction of sp³-hybridized carbons (Fsp3) is 0.300. The normalized spacial score (nSPS) is 10.5. The molecule has 0 aliphatic heterocycles. The maximum Gasteiger partial charge on any atom is 0.267 e. The first-order valence-electron chi connectivity index (χ1n) is 4.30. The molecule has 0 heterocycles. The summed E-state index contributed by atoms with van der Waals surface area (Å²) in [5.41, 5.74) is 4.96. The van der Waals surface area contributed by atoms with Crippen molar-refractivity contribution < 1.29 is 18.3 Å². The SMILES string of the molecule is COc1c(C(=O)CN)cccc1C(F)F. The summed E-state index contributed by atoms with van der Waals surface area (Å²) in [5, 5.41) is 0. The second-order valence-electron chi connectivity index (χ2n) is 2.86. The fourth-order valence-electron chi connectivity index (χ4n) is 1.28. The minimum absolute atomic E-state index is 0.0945. The van der Waals surface area contributed by atoms with Gasteiger partial charge in [0, 0.05) is 0 Å². The quantitative estimate of drug-likeness (QED) is 0.779. The number of carbonyl (C=O) groups is 1. The zero-order valence-corrected chi connectivity index (χ0v) is 8.17. The monoisotopic (exact) mass is 215 g/mol. The maximum atomic E-state index is 12.5. The molecule has 2 N–H and O–H groups in total. The Morgan fingerprint density at radius 2 is 2.20 bits per heavy atom. The molecule has 0 unspecified atom stereocenters. The summed E-state index contributed by atoms with van der Waals surface area (Å²) in [5.74, 6) is -0.516. The van der Waals surface area contributed by atoms with Crippen molar-refractivity contribution in [2.75, 3.05) is 13.7 Å². The van der Waals surface area contributed by atoms with E-state index in [0.717, 1.165) is 0 Å². The highest BCUT2D eigenvalue weighted by Crippen LogP contribution is 2.31. The molecule has 0 atom stereocenters. The van der Waals surface area contributed by atoms with Crippen molar-refractivity contribution >= 4 is 5.78 Å². The molecule has 82 valence electrons. The third-order valence-corrected chi connectivity index (χ3v) is 1.97. The van der Waals surface area contributed by atoms with Crippen LogP contribution in [-0.2, 0) is 0 Å². The van der Waals surface area contributed by atoms with Gasteiger partial charge in [-0.15, -0.1) is 0 Å². The molecule has 0 aromatic heterocycles. The molecule has 0 saturated heterocycles. The molecule has 1 rings (SSSR count). The third-order valence-electron chi connectivity index (χ3n) is 1.97. The van der Waals surface area contributed by atoms with Gasteiger partial charge in [0.25, 0.3) is 6.43 Å². The Kier molecular flexibility index (Phi) is 3.74. The lowest BCUT2D eigenvalue weighted by Gasteiger charge is -2.11. The van der Waals surface area contributed by atoms with Crippen LogP contribution in [0.15, 0.2) is 18.2 Å². The van der Waals surface area contributed by atoms with Crippen LogP contribution in [0.25, 0.3) is 0 Å². The largest absolute Gasteiger partial charge is 0.495 e. The maximum absolute atomic E-state index is 12.5. The van der Waals surface area contributed by atoms with Crippen LogP contribution in [0.3, 0.4) is 0 Å². The molecule has 1 aromatic rings. The second kappa shape index (κ2) is 4.84. The topological polar surface area (TPSA) is 52.3 Å². The Morgan fingerprint density at radius 1 is 1.53 bits per heavy atom. The van der Waals surface area contributed by atoms with Gasteiger partial charge in [-0.1, -0.05) is 6.07 Å². The van der Waals surface area contributed by atoms with Gasteiger partial charge in [-0.3, -0.25) is 4.79 Å². The predicted molar refractivity (Wildman–Crippen MR) is 51.3 cm³/mol. The number of carbonyl (C=O) groups excluding carboxylic acids is 1. The summed E-state index contributed by atoms with van der Waals surface area (Å²) in [6, 6.07) is 4.02. The number of Topliss-reactive ketones (excluding diaryl/α,β-unsaturated/α-hetero) is 1. The van der Waals surface area contributed by atoms with E-state index in [1.807, 2.05) is 0 Å². The molecular weight excluding hydrogens is 204 g/mol. The number of hydrogen-bond acceptors (Lipinski definition) is 3. The molecule has 0 bridgehead atoms. The zero-order chi connectivity index (χ0) is 11.4. The van der Waals surface area contributed by atoms with Crippen LogP contribution in [0.1, 0.15) is 22.3 Å². The van der Waals surface area contributed by atoms with Gasteiger partial charge in [-0.2, -0.15) is 0 Å². The molecule has 0 fully saturated rings. The van der Waals surface area contributed by atoms with Crippen molar-refractivity contribution in [2.45, 2.75) is 6.43 Å². The molecule has 0 aliphatic rings. The van der Waals surface area contributed by atoms with Gasteiger partial charge in [0.2, 0.25) is 0 Å². The van der Waals surface area contributed by atoms with Crippen molar-refractivity contribution in [1.29, 1.82) is 0 Å². The first kappa shape index (κ1) is 11.6. The summed E-state index contributed by atoms with van der Waals surface area (Å²) < 4.78 is 29.9. The molecule has 0 saturated carbocycles. The van der Waals surface area contributed by atoms with E-state index in [4.69, 9.17) is 10.5 Å². The Hall–Kier alpha value is -1.49. The lowest BCUT2D eigenvalue weighted by atomic mass is 10.1. The average Bonchev–Trinajstić information content (AvgIpc) is 2.26. The number of halogens is 2. The number of rotatable bonds is 4. The van der Waals surface area contributed by atoms with Crippen LogP contribution in [-0.4, -0.2) is 19.4 Å². The van der Waals surface area contributed by atoms with Gasteiger partial charge < -0.3 is 10.5 Å². The smallest absolute Gasteiger partial charge is 0.267 e. The number of alkyl halides is 2. The predicted octanol–water partition coefficient (Wildman–Crippen LogP) is 1.77. The lowest BCUT2D eigenvalue weighted by Crippen LogP contribution is -2.15. The van der Waals surface area contributed by atoms with Crippen molar-refractivity contribution in [1.82, 2.24) is 0 Å². The molecule has 0 spiro atoms. The average molecular weight is 215 g/mol. The van der Waals surface area contributed by atoms with Crippen LogP contribution in [0, 0.1) is 0 Å². The van der Waals surface area contributed by atoms with Gasteiger partial charge in [-0.05, 0) is 12.1 Å². The van der Waals surface area contributed by atoms with Gasteiger partial charge in [0.1, 0.15) is 5.75 Å². The van der Waals surface area contributed by atoms with Gasteiger partial charge in [0.05, 0.1) is 24.8 Å². The molecule has 0 aliphatic carbocycles. The number of ether oxygens (including phenoxy) is 1. The minimum Gasteiger partial charge on any atom is -0.495 e. The van der Waals surface area contributed by atoms with E-state index < -0.39 is 12.2 Å². The van der Waals surface area contributed by atoms with E-state index in [1.54, 1.807) is 0 Å². The van der Waals surface area contributed by atoms with Gasteiger partial charge in [-0.25, -0.2) is 8.78 Å². The number of ketones is 1. The molecule has 0 radical (unpaired) electrons. The van der Waals surface area contributed by atoms with Gasteiger partial charge >= 0.3 is 0 Å². The van der Waals surface area contributed by atoms with Crippen molar-refractivity contribution in [2.24, 2.45) is 5.73 Å². The molecule has 0 amide bonds. The van der Waals surface area contributed by atoms with E-state index in [0.29, 0.717) is 0 Å². The lowest BCUT2D eigenvalue weighted by molar-refractivity contribution is 0.0997. The van der Waals surface area contributed by atoms with Crippen LogP contribution in [0.5, 0.6) is 5.75 Å². The van der Waals surface area contributed by atoms with E-state index in [9.17, 15) is 13.6 Å². The standard InChI is InChI=1S/C10H11F2NO2/c1-15-9-6(8(14)5-13)3-2-4-7(9)10(11)12/h2-4,10H,5,13H2,1H3. The van der Waals surface area contributed by atoms with Gasteiger partial charge in [0.15, 0.2) is 5.78 Å². The number of benzene rings is 1. The molecule has 5 heteroatoms. The van der Waals surface area contributed by atoms with Crippen LogP contribution in [0.4, 0.5) is 8.78 Å². The summed E-state index contributed by atoms with van der Waals surface area (Å²) in [6.07, 6.45) is -2.68. The number of hydrogen-bond donors (Lipinski definition) is 1. The Morgan fingerprint density at radius 3 is 2.67 bits per heavy atom.